The monoisotopic (exact) mass is 350 g/mol. The van der Waals surface area contributed by atoms with Crippen LogP contribution in [0.4, 0.5) is 0 Å². The summed E-state index contributed by atoms with van der Waals surface area (Å²) in [5.74, 6) is -0.211. The molecule has 1 N–H and O–H groups in total. The molecule has 26 heavy (non-hydrogen) atoms. The largest absolute Gasteiger partial charge is 0.334 e. The Morgan fingerprint density at radius 2 is 2.04 bits per heavy atom. The summed E-state index contributed by atoms with van der Waals surface area (Å²) in [7, 11) is 0. The summed E-state index contributed by atoms with van der Waals surface area (Å²) in [4.78, 5) is 41.4. The number of amides is 1. The lowest BCUT2D eigenvalue weighted by Gasteiger charge is -2.28. The minimum atomic E-state index is -0.308. The third-order valence-corrected chi connectivity index (χ3v) is 4.71. The summed E-state index contributed by atoms with van der Waals surface area (Å²) in [6.45, 7) is 3.22. The van der Waals surface area contributed by atoms with E-state index >= 15 is 0 Å². The summed E-state index contributed by atoms with van der Waals surface area (Å²) in [6, 6.07) is 10.1. The third kappa shape index (κ3) is 2.71. The lowest BCUT2D eigenvalue weighted by molar-refractivity contribution is 0.0734. The number of nitrogens with one attached hydrogen (secondary N) is 1. The van der Waals surface area contributed by atoms with Crippen molar-refractivity contribution in [3.05, 3.63) is 73.9 Å². The number of para-hydroxylation sites is 1. The Balaban J connectivity index is 1.72. The Bertz CT molecular complexity index is 1130. The Kier molecular flexibility index (Phi) is 3.91. The zero-order valence-electron chi connectivity index (χ0n) is 14.4. The van der Waals surface area contributed by atoms with Gasteiger partial charge < -0.3 is 9.88 Å². The van der Waals surface area contributed by atoms with Gasteiger partial charge >= 0.3 is 0 Å². The van der Waals surface area contributed by atoms with Gasteiger partial charge in [-0.05, 0) is 13.0 Å². The molecule has 0 aliphatic carbocycles. The van der Waals surface area contributed by atoms with Crippen LogP contribution in [-0.4, -0.2) is 32.1 Å². The van der Waals surface area contributed by atoms with Gasteiger partial charge in [0.2, 0.25) is 5.56 Å². The van der Waals surface area contributed by atoms with Crippen molar-refractivity contribution in [2.75, 3.05) is 6.54 Å². The van der Waals surface area contributed by atoms with Crippen molar-refractivity contribution in [2.45, 2.75) is 26.4 Å². The van der Waals surface area contributed by atoms with E-state index < -0.39 is 0 Å². The number of aromatic nitrogens is 3. The van der Waals surface area contributed by atoms with E-state index in [1.54, 1.807) is 17.0 Å². The molecule has 3 aromatic rings. The molecular formula is C19H18N4O3. The van der Waals surface area contributed by atoms with Crippen molar-refractivity contribution in [1.82, 2.24) is 19.7 Å². The standard InChI is InChI=1S/C19H18N4O3/c1-2-23-18(25)9-12-11-22(8-7-15(12)21-23)19(26)14-10-17(24)20-16-6-4-3-5-13(14)16/h3-6,9-10H,2,7-8,11H2,1H3,(H,20,24). The molecule has 0 bridgehead atoms. The minimum absolute atomic E-state index is 0.165. The number of pyridine rings is 1. The van der Waals surface area contributed by atoms with Gasteiger partial charge in [-0.2, -0.15) is 5.10 Å². The number of nitrogens with zero attached hydrogens (tertiary/aromatic N) is 3. The summed E-state index contributed by atoms with van der Waals surface area (Å²) >= 11 is 0. The molecular weight excluding hydrogens is 332 g/mol. The molecule has 0 fully saturated rings. The second-order valence-corrected chi connectivity index (χ2v) is 6.34. The number of aromatic amines is 1. The number of hydrogen-bond donors (Lipinski definition) is 1. The van der Waals surface area contributed by atoms with Gasteiger partial charge in [0.1, 0.15) is 0 Å². The molecule has 3 heterocycles. The maximum Gasteiger partial charge on any atom is 0.267 e. The van der Waals surface area contributed by atoms with Crippen LogP contribution in [0.25, 0.3) is 10.9 Å². The zero-order chi connectivity index (χ0) is 18.3. The average Bonchev–Trinajstić information content (AvgIpc) is 2.65. The van der Waals surface area contributed by atoms with Gasteiger partial charge in [0.05, 0.1) is 11.3 Å². The fourth-order valence-corrected chi connectivity index (χ4v) is 3.39. The first-order valence-corrected chi connectivity index (χ1v) is 8.58. The molecule has 0 unspecified atom stereocenters. The summed E-state index contributed by atoms with van der Waals surface area (Å²) in [6.07, 6.45) is 0.586. The van der Waals surface area contributed by atoms with Crippen molar-refractivity contribution in [2.24, 2.45) is 0 Å². The molecule has 1 aromatic carbocycles. The normalized spacial score (nSPS) is 13.7. The first-order valence-electron chi connectivity index (χ1n) is 8.58. The number of H-pyrrole nitrogens is 1. The van der Waals surface area contributed by atoms with Gasteiger partial charge in [0.15, 0.2) is 0 Å². The number of rotatable bonds is 2. The van der Waals surface area contributed by atoms with E-state index in [1.807, 2.05) is 25.1 Å². The Hall–Kier alpha value is -3.22. The van der Waals surface area contributed by atoms with Crippen LogP contribution in [0.5, 0.6) is 0 Å². The van der Waals surface area contributed by atoms with Crippen LogP contribution in [0.1, 0.15) is 28.5 Å². The summed E-state index contributed by atoms with van der Waals surface area (Å²) in [5, 5.41) is 5.08. The smallest absolute Gasteiger partial charge is 0.267 e. The second kappa shape index (κ2) is 6.25. The van der Waals surface area contributed by atoms with Crippen LogP contribution in [0.15, 0.2) is 46.0 Å². The number of carbonyl (C=O) groups excluding carboxylic acids is 1. The van der Waals surface area contributed by atoms with E-state index in [2.05, 4.69) is 10.1 Å². The zero-order valence-corrected chi connectivity index (χ0v) is 14.4. The first-order chi connectivity index (χ1) is 12.6. The van der Waals surface area contributed by atoms with Crippen molar-refractivity contribution < 1.29 is 4.79 Å². The lowest BCUT2D eigenvalue weighted by Crippen LogP contribution is -2.38. The number of benzene rings is 1. The van der Waals surface area contributed by atoms with Crippen molar-refractivity contribution in [3.63, 3.8) is 0 Å². The minimum Gasteiger partial charge on any atom is -0.334 e. The van der Waals surface area contributed by atoms with Gasteiger partial charge in [-0.3, -0.25) is 14.4 Å². The second-order valence-electron chi connectivity index (χ2n) is 6.34. The quantitative estimate of drug-likeness (QED) is 0.755. The van der Waals surface area contributed by atoms with Gasteiger partial charge in [-0.1, -0.05) is 18.2 Å². The van der Waals surface area contributed by atoms with Crippen molar-refractivity contribution in [1.29, 1.82) is 0 Å². The van der Waals surface area contributed by atoms with E-state index in [-0.39, 0.29) is 17.0 Å². The topological polar surface area (TPSA) is 88.1 Å². The van der Waals surface area contributed by atoms with Crippen LogP contribution in [0, 0.1) is 0 Å². The fourth-order valence-electron chi connectivity index (χ4n) is 3.39. The van der Waals surface area contributed by atoms with Crippen LogP contribution in [0.3, 0.4) is 0 Å². The SMILES string of the molecule is CCn1nc2c(cc1=O)CN(C(=O)c1cc(=O)[nH]c3ccccc13)CC2. The summed E-state index contributed by atoms with van der Waals surface area (Å²) in [5.41, 5.74) is 2.16. The molecule has 4 rings (SSSR count). The van der Waals surface area contributed by atoms with E-state index in [0.717, 1.165) is 11.3 Å². The molecule has 0 saturated carbocycles. The van der Waals surface area contributed by atoms with E-state index in [9.17, 15) is 14.4 Å². The number of fused-ring (bicyclic) bond motifs is 2. The van der Waals surface area contributed by atoms with Crippen molar-refractivity contribution >= 4 is 16.8 Å². The highest BCUT2D eigenvalue weighted by Crippen LogP contribution is 2.21. The molecule has 1 aliphatic rings. The predicted octanol–water partition coefficient (Wildman–Crippen LogP) is 1.30. The Labute approximate surface area is 148 Å². The number of hydrogen-bond acceptors (Lipinski definition) is 4. The van der Waals surface area contributed by atoms with E-state index in [4.69, 9.17) is 0 Å². The molecule has 0 saturated heterocycles. The van der Waals surface area contributed by atoms with Crippen LogP contribution in [-0.2, 0) is 19.5 Å². The van der Waals surface area contributed by atoms with Gasteiger partial charge in [-0.15, -0.1) is 0 Å². The highest BCUT2D eigenvalue weighted by molar-refractivity contribution is 6.06. The predicted molar refractivity (Wildman–Crippen MR) is 97.2 cm³/mol. The molecule has 1 aliphatic heterocycles. The maximum atomic E-state index is 13.1. The molecule has 7 nitrogen and oxygen atoms in total. The van der Waals surface area contributed by atoms with E-state index in [0.29, 0.717) is 42.5 Å². The summed E-state index contributed by atoms with van der Waals surface area (Å²) < 4.78 is 1.43. The molecule has 7 heteroatoms. The molecule has 0 radical (unpaired) electrons. The van der Waals surface area contributed by atoms with Crippen molar-refractivity contribution in [3.8, 4) is 0 Å². The van der Waals surface area contributed by atoms with Crippen LogP contribution >= 0.6 is 0 Å². The molecule has 2 aromatic heterocycles. The maximum absolute atomic E-state index is 13.1. The van der Waals surface area contributed by atoms with Gasteiger partial charge in [-0.25, -0.2) is 4.68 Å². The molecule has 1 amide bonds. The fraction of sp³-hybridized carbons (Fsp3) is 0.263. The molecule has 0 atom stereocenters. The highest BCUT2D eigenvalue weighted by Gasteiger charge is 2.25. The van der Waals surface area contributed by atoms with Gasteiger partial charge in [0.25, 0.3) is 11.5 Å². The molecule has 132 valence electrons. The van der Waals surface area contributed by atoms with E-state index in [1.165, 1.54) is 10.7 Å². The number of carbonyl (C=O) groups is 1. The lowest BCUT2D eigenvalue weighted by atomic mass is 10.0. The highest BCUT2D eigenvalue weighted by atomic mass is 16.2. The number of aryl methyl sites for hydroxylation is 1. The third-order valence-electron chi connectivity index (χ3n) is 4.71. The van der Waals surface area contributed by atoms with Crippen LogP contribution in [0.2, 0.25) is 0 Å². The first kappa shape index (κ1) is 16.3. The Morgan fingerprint density at radius 1 is 1.23 bits per heavy atom. The van der Waals surface area contributed by atoms with Gasteiger partial charge in [0, 0.05) is 54.7 Å². The molecule has 0 spiro atoms. The van der Waals surface area contributed by atoms with Crippen LogP contribution < -0.4 is 11.1 Å². The Morgan fingerprint density at radius 3 is 2.85 bits per heavy atom. The average molecular weight is 350 g/mol.